The average molecular weight is 516 g/mol. The number of anilines is 2. The zero-order chi connectivity index (χ0) is 25.8. The first-order chi connectivity index (χ1) is 18.0. The molecule has 0 spiro atoms. The van der Waals surface area contributed by atoms with Crippen molar-refractivity contribution < 1.29 is 14.3 Å². The van der Waals surface area contributed by atoms with Gasteiger partial charge in [0.1, 0.15) is 28.6 Å². The third-order valence-corrected chi connectivity index (χ3v) is 6.33. The number of alkyl halides is 1. The standard InChI is InChI=1S/C28H26ClN5O3/c29-15-13-24(35)32-20-6-4-5-19(17-20)23-14-16-31-28-25(27(30)36)26(33-34(23)28)18-9-11-22(12-10-18)37-21-7-2-1-3-8-21/h1-12,17,23,31H,13-16H2,(H2,30,36)(H,32,35). The molecule has 0 aliphatic carbocycles. The molecule has 37 heavy (non-hydrogen) atoms. The van der Waals surface area contributed by atoms with E-state index in [1.54, 1.807) is 0 Å². The predicted octanol–water partition coefficient (Wildman–Crippen LogP) is 5.41. The van der Waals surface area contributed by atoms with Crippen LogP contribution in [0.3, 0.4) is 0 Å². The average Bonchev–Trinajstić information content (AvgIpc) is 3.30. The summed E-state index contributed by atoms with van der Waals surface area (Å²) >= 11 is 5.69. The second kappa shape index (κ2) is 10.8. The molecule has 5 rings (SSSR count). The Bertz CT molecular complexity index is 1420. The monoisotopic (exact) mass is 515 g/mol. The van der Waals surface area contributed by atoms with Crippen LogP contribution in [0.4, 0.5) is 11.5 Å². The van der Waals surface area contributed by atoms with Crippen molar-refractivity contribution in [3.05, 3.63) is 90.0 Å². The number of ether oxygens (including phenoxy) is 1. The summed E-state index contributed by atoms with van der Waals surface area (Å²) in [4.78, 5) is 24.6. The highest BCUT2D eigenvalue weighted by atomic mass is 35.5. The zero-order valence-corrected chi connectivity index (χ0v) is 20.7. The lowest BCUT2D eigenvalue weighted by atomic mass is 10.0. The van der Waals surface area contributed by atoms with Gasteiger partial charge in [0.15, 0.2) is 0 Å². The highest BCUT2D eigenvalue weighted by molar-refractivity contribution is 6.19. The van der Waals surface area contributed by atoms with Gasteiger partial charge in [-0.1, -0.05) is 30.3 Å². The first-order valence-corrected chi connectivity index (χ1v) is 12.5. The lowest BCUT2D eigenvalue weighted by Gasteiger charge is -2.26. The van der Waals surface area contributed by atoms with Crippen LogP contribution < -0.4 is 21.1 Å². The van der Waals surface area contributed by atoms with Gasteiger partial charge in [-0.05, 0) is 60.5 Å². The number of fused-ring (bicyclic) bond motifs is 1. The number of carbonyl (C=O) groups excluding carboxylic acids is 2. The van der Waals surface area contributed by atoms with Gasteiger partial charge in [0.25, 0.3) is 5.91 Å². The topological polar surface area (TPSA) is 111 Å². The van der Waals surface area contributed by atoms with Crippen molar-refractivity contribution in [2.75, 3.05) is 23.1 Å². The van der Waals surface area contributed by atoms with Gasteiger partial charge in [0, 0.05) is 30.1 Å². The number of para-hydroxylation sites is 1. The van der Waals surface area contributed by atoms with E-state index in [1.165, 1.54) is 0 Å². The van der Waals surface area contributed by atoms with Crippen LogP contribution in [0.25, 0.3) is 11.3 Å². The van der Waals surface area contributed by atoms with Crippen LogP contribution in [-0.2, 0) is 4.79 Å². The van der Waals surface area contributed by atoms with E-state index in [-0.39, 0.29) is 24.2 Å². The molecule has 0 radical (unpaired) electrons. The maximum absolute atomic E-state index is 12.6. The van der Waals surface area contributed by atoms with Gasteiger partial charge in [-0.2, -0.15) is 5.10 Å². The molecule has 4 N–H and O–H groups in total. The SMILES string of the molecule is NC(=O)c1c(-c2ccc(Oc3ccccc3)cc2)nn2c1NCCC2c1cccc(NC(=O)CCCl)c1. The summed E-state index contributed by atoms with van der Waals surface area (Å²) in [5.41, 5.74) is 9.06. The molecule has 0 bridgehead atoms. The molecule has 1 aliphatic rings. The van der Waals surface area contributed by atoms with E-state index in [2.05, 4.69) is 10.6 Å². The molecule has 2 heterocycles. The third-order valence-electron chi connectivity index (χ3n) is 6.15. The summed E-state index contributed by atoms with van der Waals surface area (Å²) < 4.78 is 7.70. The van der Waals surface area contributed by atoms with Crippen LogP contribution in [0.5, 0.6) is 11.5 Å². The Morgan fingerprint density at radius 3 is 2.54 bits per heavy atom. The van der Waals surface area contributed by atoms with Crippen molar-refractivity contribution in [1.82, 2.24) is 9.78 Å². The Balaban J connectivity index is 1.47. The Hall–Kier alpha value is -4.30. The van der Waals surface area contributed by atoms with Crippen molar-refractivity contribution >= 4 is 34.9 Å². The number of nitrogens with one attached hydrogen (secondary N) is 2. The number of rotatable bonds is 8. The molecule has 8 nitrogen and oxygen atoms in total. The van der Waals surface area contributed by atoms with Crippen LogP contribution in [0.2, 0.25) is 0 Å². The lowest BCUT2D eigenvalue weighted by Crippen LogP contribution is -2.26. The summed E-state index contributed by atoms with van der Waals surface area (Å²) in [7, 11) is 0. The predicted molar refractivity (Wildman–Crippen MR) is 144 cm³/mol. The van der Waals surface area contributed by atoms with Crippen LogP contribution >= 0.6 is 11.6 Å². The summed E-state index contributed by atoms with van der Waals surface area (Å²) in [5.74, 6) is 1.54. The maximum Gasteiger partial charge on any atom is 0.254 e. The normalized spacial score (nSPS) is 14.4. The van der Waals surface area contributed by atoms with Gasteiger partial charge in [0.05, 0.1) is 6.04 Å². The minimum atomic E-state index is -0.559. The summed E-state index contributed by atoms with van der Waals surface area (Å²) in [6, 6.07) is 24.4. The van der Waals surface area contributed by atoms with E-state index in [0.717, 1.165) is 23.3 Å². The first kappa shape index (κ1) is 24.4. The van der Waals surface area contributed by atoms with Crippen LogP contribution in [-0.4, -0.2) is 34.0 Å². The number of halogens is 1. The van der Waals surface area contributed by atoms with Crippen LogP contribution in [0.1, 0.15) is 34.8 Å². The number of primary amides is 1. The Morgan fingerprint density at radius 1 is 1.05 bits per heavy atom. The molecular formula is C28H26ClN5O3. The maximum atomic E-state index is 12.6. The Morgan fingerprint density at radius 2 is 1.81 bits per heavy atom. The number of aromatic nitrogens is 2. The number of nitrogens with zero attached hydrogens (tertiary/aromatic N) is 2. The Kier molecular flexibility index (Phi) is 7.09. The quantitative estimate of drug-likeness (QED) is 0.271. The van der Waals surface area contributed by atoms with Gasteiger partial charge in [-0.25, -0.2) is 4.68 Å². The highest BCUT2D eigenvalue weighted by Crippen LogP contribution is 2.37. The number of hydrogen-bond acceptors (Lipinski definition) is 5. The molecule has 9 heteroatoms. The fourth-order valence-electron chi connectivity index (χ4n) is 4.46. The fraction of sp³-hybridized carbons (Fsp3) is 0.179. The molecule has 3 aromatic carbocycles. The van der Waals surface area contributed by atoms with E-state index in [9.17, 15) is 9.59 Å². The van der Waals surface area contributed by atoms with E-state index >= 15 is 0 Å². The lowest BCUT2D eigenvalue weighted by molar-refractivity contribution is -0.115. The molecule has 188 valence electrons. The molecule has 0 saturated heterocycles. The van der Waals surface area contributed by atoms with Gasteiger partial charge >= 0.3 is 0 Å². The van der Waals surface area contributed by atoms with Gasteiger partial charge < -0.3 is 21.1 Å². The van der Waals surface area contributed by atoms with E-state index < -0.39 is 5.91 Å². The minimum absolute atomic E-state index is 0.143. The fourth-order valence-corrected chi connectivity index (χ4v) is 4.63. The summed E-state index contributed by atoms with van der Waals surface area (Å²) in [6.45, 7) is 0.642. The number of benzene rings is 3. The number of nitrogens with two attached hydrogens (primary N) is 1. The molecular weight excluding hydrogens is 490 g/mol. The smallest absolute Gasteiger partial charge is 0.254 e. The second-order valence-electron chi connectivity index (χ2n) is 8.66. The van der Waals surface area contributed by atoms with Crippen molar-refractivity contribution in [2.24, 2.45) is 5.73 Å². The third kappa shape index (κ3) is 5.29. The van der Waals surface area contributed by atoms with E-state index in [4.69, 9.17) is 27.2 Å². The van der Waals surface area contributed by atoms with Gasteiger partial charge in [0.2, 0.25) is 5.91 Å². The molecule has 1 unspecified atom stereocenters. The molecule has 1 atom stereocenters. The van der Waals surface area contributed by atoms with Gasteiger partial charge in [-0.3, -0.25) is 9.59 Å². The van der Waals surface area contributed by atoms with Gasteiger partial charge in [-0.15, -0.1) is 11.6 Å². The number of hydrogen-bond donors (Lipinski definition) is 3. The zero-order valence-electron chi connectivity index (χ0n) is 20.0. The number of carbonyl (C=O) groups is 2. The first-order valence-electron chi connectivity index (χ1n) is 12.0. The highest BCUT2D eigenvalue weighted by Gasteiger charge is 2.30. The largest absolute Gasteiger partial charge is 0.457 e. The van der Waals surface area contributed by atoms with E-state index in [1.807, 2.05) is 83.5 Å². The van der Waals surface area contributed by atoms with Crippen molar-refractivity contribution in [1.29, 1.82) is 0 Å². The number of amides is 2. The molecule has 0 fully saturated rings. The van der Waals surface area contributed by atoms with Crippen LogP contribution in [0, 0.1) is 0 Å². The molecule has 4 aromatic rings. The minimum Gasteiger partial charge on any atom is -0.457 e. The molecule has 0 saturated carbocycles. The van der Waals surface area contributed by atoms with Crippen LogP contribution in [0.15, 0.2) is 78.9 Å². The van der Waals surface area contributed by atoms with Crippen molar-refractivity contribution in [3.8, 4) is 22.8 Å². The molecule has 2 amide bonds. The van der Waals surface area contributed by atoms with E-state index in [0.29, 0.717) is 35.1 Å². The summed E-state index contributed by atoms with van der Waals surface area (Å²) in [6.07, 6.45) is 0.984. The Labute approximate surface area is 219 Å². The van der Waals surface area contributed by atoms with Crippen molar-refractivity contribution in [2.45, 2.75) is 18.9 Å². The second-order valence-corrected chi connectivity index (χ2v) is 9.04. The van der Waals surface area contributed by atoms with Crippen molar-refractivity contribution in [3.63, 3.8) is 0 Å². The molecule has 1 aliphatic heterocycles. The summed E-state index contributed by atoms with van der Waals surface area (Å²) in [5, 5.41) is 11.0. The molecule has 1 aromatic heterocycles.